The number of halogens is 5. The zero-order chi connectivity index (χ0) is 27.7. The Morgan fingerprint density at radius 1 is 1.11 bits per heavy atom. The Morgan fingerprint density at radius 2 is 1.64 bits per heavy atom. The van der Waals surface area contributed by atoms with Crippen LogP contribution in [-0.4, -0.2) is 59.8 Å². The van der Waals surface area contributed by atoms with Crippen LogP contribution in [0.3, 0.4) is 0 Å². The molecule has 1 aromatic carbocycles. The van der Waals surface area contributed by atoms with E-state index in [2.05, 4.69) is 20.9 Å². The van der Waals surface area contributed by atoms with E-state index in [1.54, 1.807) is 41.5 Å². The average Bonchev–Trinajstić information content (AvgIpc) is 2.65. The van der Waals surface area contributed by atoms with Gasteiger partial charge < -0.3 is 18.9 Å². The van der Waals surface area contributed by atoms with Gasteiger partial charge in [-0.25, -0.2) is 19.0 Å². The van der Waals surface area contributed by atoms with Crippen molar-refractivity contribution in [3.05, 3.63) is 34.1 Å². The molecule has 8 nitrogen and oxygen atoms in total. The third kappa shape index (κ3) is 8.05. The van der Waals surface area contributed by atoms with Crippen LogP contribution in [0.25, 0.3) is 0 Å². The van der Waals surface area contributed by atoms with Crippen molar-refractivity contribution in [3.63, 3.8) is 0 Å². The van der Waals surface area contributed by atoms with Gasteiger partial charge in [0.25, 0.3) is 0 Å². The van der Waals surface area contributed by atoms with Gasteiger partial charge in [-0.2, -0.15) is 13.2 Å². The van der Waals surface area contributed by atoms with Gasteiger partial charge in [0.2, 0.25) is 0 Å². The molecule has 1 aliphatic heterocycles. The first kappa shape index (κ1) is 29.8. The van der Waals surface area contributed by atoms with Crippen LogP contribution < -0.4 is 0 Å². The molecule has 36 heavy (non-hydrogen) atoms. The number of hydrogen-bond donors (Lipinski definition) is 0. The molecule has 2 amide bonds. The Labute approximate surface area is 215 Å². The van der Waals surface area contributed by atoms with Gasteiger partial charge in [-0.3, -0.25) is 0 Å². The molecule has 0 aliphatic carbocycles. The van der Waals surface area contributed by atoms with Crippen molar-refractivity contribution >= 4 is 34.1 Å². The lowest BCUT2D eigenvalue weighted by atomic mass is 9.86. The molecule has 13 heteroatoms. The van der Waals surface area contributed by atoms with E-state index in [1.165, 1.54) is 19.1 Å². The lowest BCUT2D eigenvalue weighted by molar-refractivity contribution is -0.197. The molecule has 0 N–H and O–H groups in total. The molecule has 2 atom stereocenters. The van der Waals surface area contributed by atoms with Crippen molar-refractivity contribution < 1.29 is 46.1 Å². The zero-order valence-corrected chi connectivity index (χ0v) is 22.5. The van der Waals surface area contributed by atoms with Gasteiger partial charge in [0.15, 0.2) is 0 Å². The van der Waals surface area contributed by atoms with E-state index in [-0.39, 0.29) is 5.56 Å². The number of benzene rings is 1. The standard InChI is InChI=1S/C23H29BrF4N2O6/c1-20(2,3)35-18(31)30(19(32)36-21(4,5)6)17-29-22(7,14-10-13(24)8-9-15(14)25)16(11-33-17)34-12-23(26,27)28/h8-10,16H,11-12H2,1-7H3/t16-,22+/m0/s1. The summed E-state index contributed by atoms with van der Waals surface area (Å²) in [6.45, 7) is 8.41. The molecule has 0 spiro atoms. The monoisotopic (exact) mass is 584 g/mol. The van der Waals surface area contributed by atoms with Crippen molar-refractivity contribution in [1.82, 2.24) is 4.90 Å². The molecule has 2 rings (SSSR count). The van der Waals surface area contributed by atoms with Gasteiger partial charge >= 0.3 is 24.4 Å². The number of hydrogen-bond acceptors (Lipinski definition) is 7. The van der Waals surface area contributed by atoms with E-state index < -0.39 is 66.3 Å². The van der Waals surface area contributed by atoms with Crippen molar-refractivity contribution in [2.24, 2.45) is 4.99 Å². The number of aliphatic imine (C=N–C) groups is 1. The summed E-state index contributed by atoms with van der Waals surface area (Å²) in [5.41, 5.74) is -4.08. The summed E-state index contributed by atoms with van der Waals surface area (Å²) in [4.78, 5) is 30.6. The highest BCUT2D eigenvalue weighted by Gasteiger charge is 2.48. The van der Waals surface area contributed by atoms with Gasteiger partial charge in [-0.05, 0) is 66.7 Å². The number of rotatable bonds is 3. The lowest BCUT2D eigenvalue weighted by Crippen LogP contribution is -2.54. The molecule has 1 aromatic rings. The second kappa shape index (κ2) is 10.5. The summed E-state index contributed by atoms with van der Waals surface area (Å²) in [6, 6.07) is 3.16. The minimum Gasteiger partial charge on any atom is -0.462 e. The van der Waals surface area contributed by atoms with Crippen LogP contribution in [0.2, 0.25) is 0 Å². The Balaban J connectivity index is 2.65. The molecule has 0 aromatic heterocycles. The second-order valence-corrected chi connectivity index (χ2v) is 11.1. The van der Waals surface area contributed by atoms with Crippen LogP contribution in [0.15, 0.2) is 27.7 Å². The highest BCUT2D eigenvalue weighted by Crippen LogP contribution is 2.38. The highest BCUT2D eigenvalue weighted by atomic mass is 79.9. The van der Waals surface area contributed by atoms with Gasteiger partial charge in [0.1, 0.15) is 41.9 Å². The van der Waals surface area contributed by atoms with Crippen molar-refractivity contribution in [3.8, 4) is 0 Å². The van der Waals surface area contributed by atoms with Crippen LogP contribution in [0.4, 0.5) is 27.2 Å². The Kier molecular flexibility index (Phi) is 8.72. The normalized spacial score (nSPS) is 20.8. The second-order valence-electron chi connectivity index (χ2n) is 10.2. The van der Waals surface area contributed by atoms with Crippen LogP contribution in [0.5, 0.6) is 0 Å². The maximum atomic E-state index is 14.9. The number of imide groups is 1. The topological polar surface area (TPSA) is 86.7 Å². The summed E-state index contributed by atoms with van der Waals surface area (Å²) >= 11 is 3.21. The fourth-order valence-electron chi connectivity index (χ4n) is 3.10. The molecule has 0 fully saturated rings. The van der Waals surface area contributed by atoms with E-state index in [1.807, 2.05) is 0 Å². The molecule has 1 aliphatic rings. The van der Waals surface area contributed by atoms with E-state index in [9.17, 15) is 27.2 Å². The summed E-state index contributed by atoms with van der Waals surface area (Å²) < 4.78 is 75.2. The fourth-order valence-corrected chi connectivity index (χ4v) is 3.46. The SMILES string of the molecule is CC(C)(C)OC(=O)N(C(=O)OC(C)(C)C)C1=N[C@](C)(c2cc(Br)ccc2F)[C@@H](OCC(F)(F)F)CO1. The van der Waals surface area contributed by atoms with Crippen LogP contribution in [-0.2, 0) is 24.5 Å². The molecule has 202 valence electrons. The van der Waals surface area contributed by atoms with E-state index in [4.69, 9.17) is 18.9 Å². The third-order valence-corrected chi connectivity index (χ3v) is 5.08. The first-order valence-electron chi connectivity index (χ1n) is 10.8. The fraction of sp³-hybridized carbons (Fsp3) is 0.609. The maximum absolute atomic E-state index is 14.9. The number of ether oxygens (including phenoxy) is 4. The van der Waals surface area contributed by atoms with E-state index in [0.717, 1.165) is 6.07 Å². The molecule has 0 saturated carbocycles. The minimum atomic E-state index is -4.68. The summed E-state index contributed by atoms with van der Waals surface area (Å²) in [5, 5.41) is 0. The molecular weight excluding hydrogens is 556 g/mol. The summed E-state index contributed by atoms with van der Waals surface area (Å²) in [7, 11) is 0. The number of nitrogens with zero attached hydrogens (tertiary/aromatic N) is 2. The highest BCUT2D eigenvalue weighted by molar-refractivity contribution is 9.10. The molecule has 0 unspecified atom stereocenters. The van der Waals surface area contributed by atoms with Crippen LogP contribution in [0, 0.1) is 5.82 Å². The predicted octanol–water partition coefficient (Wildman–Crippen LogP) is 6.31. The first-order valence-corrected chi connectivity index (χ1v) is 11.6. The Morgan fingerprint density at radius 3 is 2.11 bits per heavy atom. The summed E-state index contributed by atoms with van der Waals surface area (Å²) in [5.74, 6) is -0.799. The Hall–Kier alpha value is -2.41. The smallest absolute Gasteiger partial charge is 0.428 e. The molecule has 1 heterocycles. The first-order chi connectivity index (χ1) is 16.2. The largest absolute Gasteiger partial charge is 0.462 e. The number of carbonyl (C=O) groups excluding carboxylic acids is 2. The minimum absolute atomic E-state index is 0.154. The van der Waals surface area contributed by atoms with Crippen molar-refractivity contribution in [1.29, 1.82) is 0 Å². The zero-order valence-electron chi connectivity index (χ0n) is 21.0. The number of alkyl halides is 3. The Bertz CT molecular complexity index is 991. The van der Waals surface area contributed by atoms with Crippen LogP contribution in [0.1, 0.15) is 54.0 Å². The number of amidine groups is 1. The van der Waals surface area contributed by atoms with E-state index in [0.29, 0.717) is 9.37 Å². The molecular formula is C23H29BrF4N2O6. The third-order valence-electron chi connectivity index (χ3n) is 4.58. The quantitative estimate of drug-likeness (QED) is 0.387. The molecule has 0 bridgehead atoms. The van der Waals surface area contributed by atoms with Crippen molar-refractivity contribution in [2.75, 3.05) is 13.2 Å². The summed E-state index contributed by atoms with van der Waals surface area (Å²) in [6.07, 6.45) is -8.53. The lowest BCUT2D eigenvalue weighted by Gasteiger charge is -2.40. The van der Waals surface area contributed by atoms with Crippen molar-refractivity contribution in [2.45, 2.75) is 77.5 Å². The molecule has 0 radical (unpaired) electrons. The van der Waals surface area contributed by atoms with Gasteiger partial charge in [0.05, 0.1) is 0 Å². The van der Waals surface area contributed by atoms with Gasteiger partial charge in [0, 0.05) is 10.0 Å². The van der Waals surface area contributed by atoms with Gasteiger partial charge in [-0.1, -0.05) is 15.9 Å². The predicted molar refractivity (Wildman–Crippen MR) is 125 cm³/mol. The average molecular weight is 585 g/mol. The number of carbonyl (C=O) groups is 2. The number of amides is 2. The van der Waals surface area contributed by atoms with Gasteiger partial charge in [-0.15, -0.1) is 4.90 Å². The molecule has 0 saturated heterocycles. The van der Waals surface area contributed by atoms with Crippen LogP contribution >= 0.6 is 15.9 Å². The van der Waals surface area contributed by atoms with E-state index >= 15 is 0 Å². The maximum Gasteiger partial charge on any atom is 0.428 e.